The molecular weight excluding hydrogens is 232 g/mol. The number of likely N-dealkylation sites (tertiary alicyclic amines) is 1. The first-order chi connectivity index (χ1) is 8.79. The lowest BCUT2D eigenvalue weighted by Gasteiger charge is -2.15. The van der Waals surface area contributed by atoms with Crippen molar-refractivity contribution in [3.8, 4) is 5.75 Å². The number of hydrogen-bond acceptors (Lipinski definition) is 4. The van der Waals surface area contributed by atoms with Crippen LogP contribution in [0.3, 0.4) is 0 Å². The minimum absolute atomic E-state index is 0.0356. The Hall–Kier alpha value is -2.04. The molecule has 1 aromatic carbocycles. The third-order valence-electron chi connectivity index (χ3n) is 2.91. The van der Waals surface area contributed by atoms with Crippen molar-refractivity contribution in [3.05, 3.63) is 29.8 Å². The molecule has 18 heavy (non-hydrogen) atoms. The third-order valence-corrected chi connectivity index (χ3v) is 2.91. The van der Waals surface area contributed by atoms with Gasteiger partial charge in [-0.1, -0.05) is 5.16 Å². The zero-order valence-corrected chi connectivity index (χ0v) is 10.1. The predicted octanol–water partition coefficient (Wildman–Crippen LogP) is 1.50. The molecule has 1 heterocycles. The number of rotatable bonds is 4. The Balaban J connectivity index is 1.84. The Labute approximate surface area is 106 Å². The zero-order chi connectivity index (χ0) is 12.8. The number of benzene rings is 1. The summed E-state index contributed by atoms with van der Waals surface area (Å²) in [5, 5.41) is 11.3. The highest BCUT2D eigenvalue weighted by molar-refractivity contribution is 5.79. The van der Waals surface area contributed by atoms with Crippen LogP contribution in [0.1, 0.15) is 18.4 Å². The van der Waals surface area contributed by atoms with E-state index in [9.17, 15) is 4.79 Å². The Kier molecular flexibility index (Phi) is 4.17. The molecule has 2 rings (SSSR count). The van der Waals surface area contributed by atoms with Gasteiger partial charge in [-0.15, -0.1) is 0 Å². The number of carbonyl (C=O) groups excluding carboxylic acids is 1. The fourth-order valence-electron chi connectivity index (χ4n) is 1.92. The van der Waals surface area contributed by atoms with Gasteiger partial charge in [-0.2, -0.15) is 0 Å². The molecule has 96 valence electrons. The normalized spacial score (nSPS) is 15.2. The van der Waals surface area contributed by atoms with Crippen molar-refractivity contribution in [2.45, 2.75) is 12.8 Å². The second-order valence-electron chi connectivity index (χ2n) is 4.19. The molecular formula is C13H16N2O3. The summed E-state index contributed by atoms with van der Waals surface area (Å²) in [6.45, 7) is 1.76. The molecule has 0 atom stereocenters. The molecule has 1 amide bonds. The van der Waals surface area contributed by atoms with Crippen LogP contribution in [0, 0.1) is 0 Å². The smallest absolute Gasteiger partial charge is 0.260 e. The largest absolute Gasteiger partial charge is 0.484 e. The number of hydrogen-bond donors (Lipinski definition) is 1. The average Bonchev–Trinajstić information content (AvgIpc) is 2.92. The van der Waals surface area contributed by atoms with Gasteiger partial charge in [0.25, 0.3) is 5.91 Å². The van der Waals surface area contributed by atoms with Crippen LogP contribution in [-0.2, 0) is 4.79 Å². The van der Waals surface area contributed by atoms with E-state index in [1.54, 1.807) is 24.3 Å². The Morgan fingerprint density at radius 3 is 2.61 bits per heavy atom. The molecule has 0 unspecified atom stereocenters. The van der Waals surface area contributed by atoms with Crippen LogP contribution in [0.5, 0.6) is 5.75 Å². The van der Waals surface area contributed by atoms with Crippen LogP contribution in [0.4, 0.5) is 0 Å². The molecule has 0 saturated carbocycles. The van der Waals surface area contributed by atoms with Gasteiger partial charge in [0.2, 0.25) is 0 Å². The van der Waals surface area contributed by atoms with Crippen LogP contribution < -0.4 is 4.74 Å². The van der Waals surface area contributed by atoms with Crippen LogP contribution >= 0.6 is 0 Å². The lowest BCUT2D eigenvalue weighted by molar-refractivity contribution is -0.132. The number of carbonyl (C=O) groups is 1. The third kappa shape index (κ3) is 3.23. The summed E-state index contributed by atoms with van der Waals surface area (Å²) in [6.07, 6.45) is 3.50. The first kappa shape index (κ1) is 12.4. The van der Waals surface area contributed by atoms with Crippen molar-refractivity contribution in [1.29, 1.82) is 0 Å². The number of oxime groups is 1. The van der Waals surface area contributed by atoms with Gasteiger partial charge in [-0.05, 0) is 42.7 Å². The monoisotopic (exact) mass is 248 g/mol. The molecule has 1 saturated heterocycles. The Bertz CT molecular complexity index is 422. The summed E-state index contributed by atoms with van der Waals surface area (Å²) >= 11 is 0. The fourth-order valence-corrected chi connectivity index (χ4v) is 1.92. The van der Waals surface area contributed by atoms with Crippen molar-refractivity contribution in [2.75, 3.05) is 19.7 Å². The maximum atomic E-state index is 11.7. The van der Waals surface area contributed by atoms with Crippen LogP contribution in [0.15, 0.2) is 29.4 Å². The van der Waals surface area contributed by atoms with Crippen LogP contribution in [-0.4, -0.2) is 41.9 Å². The number of amides is 1. The summed E-state index contributed by atoms with van der Waals surface area (Å²) in [6, 6.07) is 7.01. The van der Waals surface area contributed by atoms with Crippen molar-refractivity contribution in [3.63, 3.8) is 0 Å². The maximum absolute atomic E-state index is 11.7. The molecule has 1 N–H and O–H groups in total. The van der Waals surface area contributed by atoms with Gasteiger partial charge in [0.1, 0.15) is 5.75 Å². The molecule has 0 aromatic heterocycles. The van der Waals surface area contributed by atoms with Gasteiger partial charge >= 0.3 is 0 Å². The minimum Gasteiger partial charge on any atom is -0.484 e. The van der Waals surface area contributed by atoms with Gasteiger partial charge < -0.3 is 14.8 Å². The van der Waals surface area contributed by atoms with Gasteiger partial charge in [0, 0.05) is 13.1 Å². The Morgan fingerprint density at radius 2 is 2.00 bits per heavy atom. The van der Waals surface area contributed by atoms with E-state index in [4.69, 9.17) is 9.94 Å². The van der Waals surface area contributed by atoms with Gasteiger partial charge in [-0.25, -0.2) is 0 Å². The summed E-state index contributed by atoms with van der Waals surface area (Å²) < 4.78 is 5.42. The quantitative estimate of drug-likeness (QED) is 0.499. The van der Waals surface area contributed by atoms with E-state index < -0.39 is 0 Å². The van der Waals surface area contributed by atoms with Crippen LogP contribution in [0.25, 0.3) is 0 Å². The summed E-state index contributed by atoms with van der Waals surface area (Å²) in [5.41, 5.74) is 0.774. The topological polar surface area (TPSA) is 62.1 Å². The second-order valence-corrected chi connectivity index (χ2v) is 4.19. The number of ether oxygens (including phenoxy) is 1. The predicted molar refractivity (Wildman–Crippen MR) is 67.1 cm³/mol. The maximum Gasteiger partial charge on any atom is 0.260 e. The first-order valence-corrected chi connectivity index (χ1v) is 5.97. The standard InChI is InChI=1S/C13H16N2O3/c16-13(15-7-1-2-8-15)10-18-12-5-3-11(4-6-12)9-14-17/h3-6,9,17H,1-2,7-8,10H2/b14-9+. The van der Waals surface area contributed by atoms with E-state index in [1.165, 1.54) is 6.21 Å². The Morgan fingerprint density at radius 1 is 1.33 bits per heavy atom. The highest BCUT2D eigenvalue weighted by Crippen LogP contribution is 2.12. The van der Waals surface area contributed by atoms with E-state index in [-0.39, 0.29) is 12.5 Å². The van der Waals surface area contributed by atoms with E-state index in [0.29, 0.717) is 5.75 Å². The lowest BCUT2D eigenvalue weighted by Crippen LogP contribution is -2.32. The molecule has 0 radical (unpaired) electrons. The molecule has 0 spiro atoms. The zero-order valence-electron chi connectivity index (χ0n) is 10.1. The highest BCUT2D eigenvalue weighted by atomic mass is 16.5. The number of nitrogens with zero attached hydrogens (tertiary/aromatic N) is 2. The first-order valence-electron chi connectivity index (χ1n) is 5.97. The molecule has 1 aliphatic heterocycles. The fraction of sp³-hybridized carbons (Fsp3) is 0.385. The van der Waals surface area contributed by atoms with Crippen molar-refractivity contribution >= 4 is 12.1 Å². The second kappa shape index (κ2) is 6.05. The average molecular weight is 248 g/mol. The molecule has 0 aliphatic carbocycles. The molecule has 1 fully saturated rings. The molecule has 5 heteroatoms. The van der Waals surface area contributed by atoms with E-state index in [1.807, 2.05) is 4.90 Å². The molecule has 5 nitrogen and oxygen atoms in total. The van der Waals surface area contributed by atoms with Crippen LogP contribution in [0.2, 0.25) is 0 Å². The van der Waals surface area contributed by atoms with Crippen molar-refractivity contribution in [2.24, 2.45) is 5.16 Å². The van der Waals surface area contributed by atoms with Gasteiger partial charge in [-0.3, -0.25) is 4.79 Å². The molecule has 1 aromatic rings. The van der Waals surface area contributed by atoms with Crippen molar-refractivity contribution < 1.29 is 14.7 Å². The lowest BCUT2D eigenvalue weighted by atomic mass is 10.2. The summed E-state index contributed by atoms with van der Waals surface area (Å²) in [4.78, 5) is 13.6. The van der Waals surface area contributed by atoms with Gasteiger partial charge in [0.05, 0.1) is 6.21 Å². The SMILES string of the molecule is O=C(COc1ccc(/C=N/O)cc1)N1CCCC1. The molecule has 1 aliphatic rings. The minimum atomic E-state index is 0.0356. The van der Waals surface area contributed by atoms with E-state index in [2.05, 4.69) is 5.16 Å². The summed E-state index contributed by atoms with van der Waals surface area (Å²) in [5.74, 6) is 0.672. The summed E-state index contributed by atoms with van der Waals surface area (Å²) in [7, 11) is 0. The highest BCUT2D eigenvalue weighted by Gasteiger charge is 2.17. The molecule has 0 bridgehead atoms. The van der Waals surface area contributed by atoms with Crippen molar-refractivity contribution in [1.82, 2.24) is 4.90 Å². The van der Waals surface area contributed by atoms with E-state index >= 15 is 0 Å². The van der Waals surface area contributed by atoms with E-state index in [0.717, 1.165) is 31.5 Å². The van der Waals surface area contributed by atoms with Gasteiger partial charge in [0.15, 0.2) is 6.61 Å².